The second kappa shape index (κ2) is 15.7. The molecule has 2 amide bonds. The molecule has 1 aliphatic heterocycles. The number of imide groups is 1. The number of hydrogen-bond donors (Lipinski definition) is 1. The van der Waals surface area contributed by atoms with Gasteiger partial charge in [-0.05, 0) is 50.1 Å². The normalized spacial score (nSPS) is 14.1. The summed E-state index contributed by atoms with van der Waals surface area (Å²) in [5.41, 5.74) is 1.34. The Balaban J connectivity index is 0.000000521. The Morgan fingerprint density at radius 2 is 1.76 bits per heavy atom. The van der Waals surface area contributed by atoms with Gasteiger partial charge in [-0.25, -0.2) is 14.6 Å². The van der Waals surface area contributed by atoms with Crippen LogP contribution < -0.4 is 15.0 Å². The second-order valence-electron chi connectivity index (χ2n) is 7.43. The van der Waals surface area contributed by atoms with Gasteiger partial charge in [-0.15, -0.1) is 0 Å². The van der Waals surface area contributed by atoms with Gasteiger partial charge in [0.1, 0.15) is 18.2 Å². The number of nitrogens with one attached hydrogen (secondary N) is 1. The Labute approximate surface area is 221 Å². The van der Waals surface area contributed by atoms with E-state index in [-0.39, 0.29) is 16.4 Å². The quantitative estimate of drug-likeness (QED) is 0.343. The van der Waals surface area contributed by atoms with Gasteiger partial charge < -0.3 is 23.6 Å². The molecule has 0 radical (unpaired) electrons. The topological polar surface area (TPSA) is 133 Å². The summed E-state index contributed by atoms with van der Waals surface area (Å²) in [6.45, 7) is 5.26. The maximum absolute atomic E-state index is 11.6. The molecule has 1 aromatic heterocycles. The highest BCUT2D eigenvalue weighted by molar-refractivity contribution is 8.15. The van der Waals surface area contributed by atoms with Gasteiger partial charge in [0.25, 0.3) is 5.24 Å². The van der Waals surface area contributed by atoms with Crippen molar-refractivity contribution in [3.8, 4) is 5.75 Å². The summed E-state index contributed by atoms with van der Waals surface area (Å²) in [6.07, 6.45) is 1.38. The Hall–Kier alpha value is -3.37. The summed E-state index contributed by atoms with van der Waals surface area (Å²) >= 11 is 1.02. The molecule has 0 spiro atoms. The molecule has 2 aromatic rings. The molecule has 11 nitrogen and oxygen atoms in total. The van der Waals surface area contributed by atoms with E-state index in [4.69, 9.17) is 4.74 Å². The molecule has 0 aliphatic carbocycles. The molecule has 1 fully saturated rings. The van der Waals surface area contributed by atoms with Crippen LogP contribution in [-0.2, 0) is 25.2 Å². The zero-order valence-corrected chi connectivity index (χ0v) is 22.8. The molecule has 37 heavy (non-hydrogen) atoms. The van der Waals surface area contributed by atoms with E-state index in [1.165, 1.54) is 6.20 Å². The van der Waals surface area contributed by atoms with E-state index < -0.39 is 12.1 Å². The van der Waals surface area contributed by atoms with Crippen LogP contribution >= 0.6 is 21.2 Å². The molecular formula is C24H30N3O8PS. The fourth-order valence-electron chi connectivity index (χ4n) is 2.96. The zero-order chi connectivity index (χ0) is 27.2. The third-order valence-electron chi connectivity index (χ3n) is 4.81. The van der Waals surface area contributed by atoms with Crippen LogP contribution in [0.25, 0.3) is 0 Å². The predicted octanol–water partition coefficient (Wildman–Crippen LogP) is 3.62. The molecule has 200 valence electrons. The third kappa shape index (κ3) is 10.3. The molecule has 1 N–H and O–H groups in total. The maximum atomic E-state index is 11.6. The lowest BCUT2D eigenvalue weighted by atomic mass is 10.1. The van der Waals surface area contributed by atoms with Gasteiger partial charge in [0, 0.05) is 13.2 Å². The van der Waals surface area contributed by atoms with Crippen molar-refractivity contribution in [2.75, 3.05) is 38.3 Å². The first-order valence-corrected chi connectivity index (χ1v) is 12.7. The number of rotatable bonds is 10. The van der Waals surface area contributed by atoms with Crippen LogP contribution in [0, 0.1) is 0 Å². The summed E-state index contributed by atoms with van der Waals surface area (Å²) in [4.78, 5) is 50.6. The molecule has 1 aromatic carbocycles. The Morgan fingerprint density at radius 1 is 1.08 bits per heavy atom. The van der Waals surface area contributed by atoms with Crippen molar-refractivity contribution in [2.24, 2.45) is 0 Å². The van der Waals surface area contributed by atoms with E-state index >= 15 is 0 Å². The summed E-state index contributed by atoms with van der Waals surface area (Å²) in [5.74, 6) is 0.733. The molecule has 13 heteroatoms. The molecule has 0 saturated carbocycles. The largest absolute Gasteiger partial charge is 0.508 e. The van der Waals surface area contributed by atoms with Crippen LogP contribution in [0.5, 0.6) is 5.75 Å². The predicted molar refractivity (Wildman–Crippen MR) is 142 cm³/mol. The number of aromatic nitrogens is 1. The average molecular weight is 552 g/mol. The number of ether oxygens (including phenoxy) is 3. The van der Waals surface area contributed by atoms with Crippen LogP contribution in [0.4, 0.5) is 15.4 Å². The van der Waals surface area contributed by atoms with Crippen molar-refractivity contribution < 1.29 is 37.9 Å². The lowest BCUT2D eigenvalue weighted by molar-refractivity contribution is -0.118. The molecule has 2 unspecified atom stereocenters. The number of carbonyl (C=O) groups is 4. The third-order valence-corrected chi connectivity index (χ3v) is 6.01. The van der Waals surface area contributed by atoms with E-state index in [0.717, 1.165) is 17.3 Å². The first-order valence-electron chi connectivity index (χ1n) is 11.4. The molecule has 1 aliphatic rings. The minimum absolute atomic E-state index is 0.240. The summed E-state index contributed by atoms with van der Waals surface area (Å²) in [6, 6.07) is 10.9. The summed E-state index contributed by atoms with van der Waals surface area (Å²) < 4.78 is 19.2. The number of anilines is 1. The van der Waals surface area contributed by atoms with Gasteiger partial charge in [0.05, 0.1) is 40.0 Å². The van der Waals surface area contributed by atoms with E-state index in [0.29, 0.717) is 49.9 Å². The van der Waals surface area contributed by atoms with Crippen molar-refractivity contribution in [3.63, 3.8) is 0 Å². The lowest BCUT2D eigenvalue weighted by Crippen LogP contribution is -2.25. The van der Waals surface area contributed by atoms with E-state index in [2.05, 4.69) is 24.3 Å². The van der Waals surface area contributed by atoms with Gasteiger partial charge >= 0.3 is 12.1 Å². The Morgan fingerprint density at radius 3 is 2.27 bits per heavy atom. The number of likely N-dealkylation sites (N-methyl/N-ethyl adjacent to an activating group) is 1. The molecule has 3 rings (SSSR count). The number of benzene rings is 1. The first-order chi connectivity index (χ1) is 17.8. The van der Waals surface area contributed by atoms with Crippen molar-refractivity contribution in [2.45, 2.75) is 25.5 Å². The number of thioether (sulfide) groups is 1. The van der Waals surface area contributed by atoms with Gasteiger partial charge in [-0.1, -0.05) is 23.9 Å². The maximum Gasteiger partial charge on any atom is 0.508 e. The minimum Gasteiger partial charge on any atom is -0.492 e. The van der Waals surface area contributed by atoms with Crippen LogP contribution in [0.15, 0.2) is 42.6 Å². The summed E-state index contributed by atoms with van der Waals surface area (Å²) in [7, 11) is 3.80. The number of pyridine rings is 1. The van der Waals surface area contributed by atoms with Gasteiger partial charge in [0.15, 0.2) is 0 Å². The SMILES string of the molecule is CCOC(=O)OCC.CN(CCOc1ccc(CC2SC(=O)NC2=O)cc1)c1ccc(C(=O)OP)cn1. The van der Waals surface area contributed by atoms with Crippen LogP contribution in [0.2, 0.25) is 0 Å². The van der Waals surface area contributed by atoms with Crippen LogP contribution in [-0.4, -0.2) is 66.9 Å². The van der Waals surface area contributed by atoms with Crippen LogP contribution in [0.1, 0.15) is 29.8 Å². The molecule has 0 bridgehead atoms. The average Bonchev–Trinajstić information content (AvgIpc) is 3.21. The zero-order valence-electron chi connectivity index (χ0n) is 20.8. The number of carbonyl (C=O) groups excluding carboxylic acids is 4. The molecule has 1 saturated heterocycles. The molecule has 2 heterocycles. The Bertz CT molecular complexity index is 1040. The van der Waals surface area contributed by atoms with E-state index in [9.17, 15) is 19.2 Å². The van der Waals surface area contributed by atoms with Gasteiger partial charge in [0.2, 0.25) is 5.91 Å². The lowest BCUT2D eigenvalue weighted by Gasteiger charge is -2.18. The smallest absolute Gasteiger partial charge is 0.492 e. The monoisotopic (exact) mass is 551 g/mol. The van der Waals surface area contributed by atoms with Crippen LogP contribution in [0.3, 0.4) is 0 Å². The first kappa shape index (κ1) is 29.9. The van der Waals surface area contributed by atoms with Crippen molar-refractivity contribution in [3.05, 3.63) is 53.7 Å². The fraction of sp³-hybridized carbons (Fsp3) is 0.375. The van der Waals surface area contributed by atoms with Crippen molar-refractivity contribution in [1.82, 2.24) is 10.3 Å². The number of nitrogens with zero attached hydrogens (tertiary/aromatic N) is 2. The van der Waals surface area contributed by atoms with Crippen molar-refractivity contribution >= 4 is 50.3 Å². The van der Waals surface area contributed by atoms with Crippen molar-refractivity contribution in [1.29, 1.82) is 0 Å². The minimum atomic E-state index is -0.588. The molecular weight excluding hydrogens is 521 g/mol. The van der Waals surface area contributed by atoms with Gasteiger partial charge in [-0.2, -0.15) is 0 Å². The summed E-state index contributed by atoms with van der Waals surface area (Å²) in [5, 5.41) is 1.62. The second-order valence-corrected chi connectivity index (χ2v) is 8.84. The van der Waals surface area contributed by atoms with E-state index in [1.54, 1.807) is 26.0 Å². The highest BCUT2D eigenvalue weighted by atomic mass is 32.2. The van der Waals surface area contributed by atoms with E-state index in [1.807, 2.05) is 45.7 Å². The number of hydrogen-bond acceptors (Lipinski definition) is 11. The fourth-order valence-corrected chi connectivity index (χ4v) is 3.95. The Kier molecular flexibility index (Phi) is 12.7. The standard InChI is InChI=1S/C19H20N3O5PS.C5H10O3/c1-22(16-7-4-13(11-20-16)18(24)27-28)8-9-26-14-5-2-12(3-6-14)10-15-17(23)21-19(25)29-15;1-3-7-5(6)8-4-2/h2-7,11,15H,8-10,28H2,1H3,(H,21,23,25);3-4H2,1-2H3. The van der Waals surface area contributed by atoms with Gasteiger partial charge in [-0.3, -0.25) is 14.9 Å². The molecule has 2 atom stereocenters. The number of amides is 2. The highest BCUT2D eigenvalue weighted by Gasteiger charge is 2.31. The highest BCUT2D eigenvalue weighted by Crippen LogP contribution is 2.24.